The number of rotatable bonds is 3. The Bertz CT molecular complexity index is 1140. The van der Waals surface area contributed by atoms with E-state index in [1.807, 2.05) is 25.1 Å². The topological polar surface area (TPSA) is 76.7 Å². The number of hydrogen-bond acceptors (Lipinski definition) is 5. The van der Waals surface area contributed by atoms with Gasteiger partial charge < -0.3 is 5.11 Å². The van der Waals surface area contributed by atoms with Gasteiger partial charge in [0.25, 0.3) is 0 Å². The third kappa shape index (κ3) is 3.06. The van der Waals surface area contributed by atoms with E-state index in [1.165, 1.54) is 12.1 Å². The fourth-order valence-corrected chi connectivity index (χ4v) is 3.24. The minimum absolute atomic E-state index is 0.310. The zero-order valence-corrected chi connectivity index (χ0v) is 15.2. The van der Waals surface area contributed by atoms with Crippen LogP contribution >= 0.6 is 0 Å². The van der Waals surface area contributed by atoms with Gasteiger partial charge in [-0.05, 0) is 65.2 Å². The number of benzene rings is 2. The summed E-state index contributed by atoms with van der Waals surface area (Å²) in [5, 5.41) is 22.8. The molecule has 4 aromatic rings. The second-order valence-electron chi connectivity index (χ2n) is 6.61. The van der Waals surface area contributed by atoms with Gasteiger partial charge in [-0.2, -0.15) is 0 Å². The van der Waals surface area contributed by atoms with Crippen molar-refractivity contribution >= 4 is 10.9 Å². The first kappa shape index (κ1) is 17.2. The molecule has 7 heteroatoms. The largest absolute Gasteiger partial charge is 0.389 e. The van der Waals surface area contributed by atoms with Crippen molar-refractivity contribution in [1.82, 2.24) is 25.2 Å². The maximum Gasteiger partial charge on any atom is 0.201 e. The summed E-state index contributed by atoms with van der Waals surface area (Å²) in [6.45, 7) is 3.69. The number of fused-ring (bicyclic) bond motifs is 1. The van der Waals surface area contributed by atoms with Crippen molar-refractivity contribution in [3.8, 4) is 22.6 Å². The lowest BCUT2D eigenvalue weighted by Crippen LogP contribution is -2.01. The monoisotopic (exact) mass is 363 g/mol. The number of aryl methyl sites for hydroxylation is 2. The van der Waals surface area contributed by atoms with Crippen molar-refractivity contribution in [3.63, 3.8) is 0 Å². The molecule has 2 heterocycles. The molecule has 0 spiro atoms. The lowest BCUT2D eigenvalue weighted by Gasteiger charge is -2.15. The fraction of sp³-hybridized carbons (Fsp3) is 0.200. The van der Waals surface area contributed by atoms with Crippen molar-refractivity contribution in [1.29, 1.82) is 0 Å². The summed E-state index contributed by atoms with van der Waals surface area (Å²) in [5.41, 5.74) is 4.71. The molecule has 4 rings (SSSR count). The lowest BCUT2D eigenvalue weighted by atomic mass is 9.96. The van der Waals surface area contributed by atoms with Crippen LogP contribution in [-0.4, -0.2) is 30.3 Å². The number of pyridine rings is 1. The van der Waals surface area contributed by atoms with Crippen LogP contribution in [-0.2, 0) is 7.05 Å². The molecular weight excluding hydrogens is 345 g/mol. The molecule has 0 radical (unpaired) electrons. The Hall–Kier alpha value is -3.19. The fourth-order valence-electron chi connectivity index (χ4n) is 3.24. The summed E-state index contributed by atoms with van der Waals surface area (Å²) in [6.07, 6.45) is -0.641. The summed E-state index contributed by atoms with van der Waals surface area (Å²) >= 11 is 0. The standard InChI is InChI=1S/C20H18FN5O/c1-11-8-15(12(2)27)17-10-16(13-4-6-14(21)7-5-13)19(22-18(17)9-11)20-23-24-25-26(20)3/h4-10,12,27H,1-3H3. The summed E-state index contributed by atoms with van der Waals surface area (Å²) in [7, 11) is 1.74. The molecule has 1 atom stereocenters. The van der Waals surface area contributed by atoms with Crippen LogP contribution in [0.5, 0.6) is 0 Å². The van der Waals surface area contributed by atoms with E-state index in [0.717, 1.165) is 33.2 Å². The number of nitrogens with zero attached hydrogens (tertiary/aromatic N) is 5. The maximum absolute atomic E-state index is 13.4. The maximum atomic E-state index is 13.4. The van der Waals surface area contributed by atoms with Crippen molar-refractivity contribution in [3.05, 3.63) is 59.4 Å². The van der Waals surface area contributed by atoms with Gasteiger partial charge in [0.1, 0.15) is 11.5 Å². The minimum atomic E-state index is -0.641. The average molecular weight is 363 g/mol. The highest BCUT2D eigenvalue weighted by Gasteiger charge is 2.18. The predicted molar refractivity (Wildman–Crippen MR) is 100 cm³/mol. The van der Waals surface area contributed by atoms with Crippen LogP contribution < -0.4 is 0 Å². The molecule has 0 fully saturated rings. The molecule has 1 N–H and O–H groups in total. The van der Waals surface area contributed by atoms with E-state index in [9.17, 15) is 9.50 Å². The first-order chi connectivity index (χ1) is 12.9. The van der Waals surface area contributed by atoms with E-state index >= 15 is 0 Å². The summed E-state index contributed by atoms with van der Waals surface area (Å²) in [4.78, 5) is 4.81. The molecule has 0 amide bonds. The van der Waals surface area contributed by atoms with Gasteiger partial charge in [-0.3, -0.25) is 0 Å². The number of aromatic nitrogens is 5. The van der Waals surface area contributed by atoms with Crippen LogP contribution in [0.1, 0.15) is 24.2 Å². The van der Waals surface area contributed by atoms with Gasteiger partial charge in [0, 0.05) is 18.0 Å². The van der Waals surface area contributed by atoms with Crippen molar-refractivity contribution < 1.29 is 9.50 Å². The molecule has 0 aliphatic carbocycles. The van der Waals surface area contributed by atoms with Crippen molar-refractivity contribution in [2.45, 2.75) is 20.0 Å². The second kappa shape index (κ2) is 6.51. The molecule has 0 bridgehead atoms. The van der Waals surface area contributed by atoms with E-state index in [-0.39, 0.29) is 5.82 Å². The third-order valence-corrected chi connectivity index (χ3v) is 4.55. The minimum Gasteiger partial charge on any atom is -0.389 e. The van der Waals surface area contributed by atoms with Gasteiger partial charge in [-0.1, -0.05) is 18.2 Å². The highest BCUT2D eigenvalue weighted by atomic mass is 19.1. The van der Waals surface area contributed by atoms with Crippen LogP contribution in [0.2, 0.25) is 0 Å². The van der Waals surface area contributed by atoms with Gasteiger partial charge >= 0.3 is 0 Å². The third-order valence-electron chi connectivity index (χ3n) is 4.55. The predicted octanol–water partition coefficient (Wildman–Crippen LogP) is 3.59. The Kier molecular flexibility index (Phi) is 4.16. The first-order valence-corrected chi connectivity index (χ1v) is 8.56. The first-order valence-electron chi connectivity index (χ1n) is 8.56. The molecule has 6 nitrogen and oxygen atoms in total. The highest BCUT2D eigenvalue weighted by molar-refractivity contribution is 5.92. The molecule has 136 valence electrons. The Morgan fingerprint density at radius 1 is 1.11 bits per heavy atom. The Morgan fingerprint density at radius 2 is 1.85 bits per heavy atom. The number of aliphatic hydroxyl groups excluding tert-OH is 1. The van der Waals surface area contributed by atoms with Crippen LogP contribution in [0, 0.1) is 12.7 Å². The number of hydrogen-bond donors (Lipinski definition) is 1. The molecule has 0 aliphatic heterocycles. The van der Waals surface area contributed by atoms with E-state index in [1.54, 1.807) is 30.8 Å². The molecule has 1 unspecified atom stereocenters. The molecular formula is C20H18FN5O. The summed E-state index contributed by atoms with van der Waals surface area (Å²) in [5.74, 6) is 0.200. The molecule has 0 aliphatic rings. The molecule has 2 aromatic carbocycles. The number of halogens is 1. The van der Waals surface area contributed by atoms with Crippen molar-refractivity contribution in [2.24, 2.45) is 7.05 Å². The normalized spacial score (nSPS) is 12.5. The smallest absolute Gasteiger partial charge is 0.201 e. The Labute approximate surface area is 155 Å². The Morgan fingerprint density at radius 3 is 2.48 bits per heavy atom. The zero-order valence-electron chi connectivity index (χ0n) is 15.2. The molecule has 0 saturated carbocycles. The molecule has 0 saturated heterocycles. The van der Waals surface area contributed by atoms with Gasteiger partial charge in [-0.25, -0.2) is 14.1 Å². The van der Waals surface area contributed by atoms with Crippen LogP contribution in [0.4, 0.5) is 4.39 Å². The molecule has 27 heavy (non-hydrogen) atoms. The van der Waals surface area contributed by atoms with Gasteiger partial charge in [0.2, 0.25) is 5.82 Å². The van der Waals surface area contributed by atoms with E-state index in [0.29, 0.717) is 11.5 Å². The second-order valence-corrected chi connectivity index (χ2v) is 6.61. The van der Waals surface area contributed by atoms with Crippen LogP contribution in [0.3, 0.4) is 0 Å². The highest BCUT2D eigenvalue weighted by Crippen LogP contribution is 2.35. The number of aliphatic hydroxyl groups is 1. The molecule has 2 aromatic heterocycles. The zero-order chi connectivity index (χ0) is 19.1. The van der Waals surface area contributed by atoms with E-state index in [4.69, 9.17) is 4.98 Å². The summed E-state index contributed by atoms with van der Waals surface area (Å²) < 4.78 is 15.0. The quantitative estimate of drug-likeness (QED) is 0.602. The van der Waals surface area contributed by atoms with Crippen LogP contribution in [0.15, 0.2) is 42.5 Å². The lowest BCUT2D eigenvalue weighted by molar-refractivity contribution is 0.201. The van der Waals surface area contributed by atoms with Gasteiger partial charge in [0.05, 0.1) is 11.6 Å². The van der Waals surface area contributed by atoms with E-state index in [2.05, 4.69) is 15.5 Å². The SMILES string of the molecule is Cc1cc(C(C)O)c2cc(-c3ccc(F)cc3)c(-c3nnnn3C)nc2c1. The van der Waals surface area contributed by atoms with Crippen molar-refractivity contribution in [2.75, 3.05) is 0 Å². The average Bonchev–Trinajstić information content (AvgIpc) is 3.06. The summed E-state index contributed by atoms with van der Waals surface area (Å²) in [6, 6.07) is 12.1. The Balaban J connectivity index is 2.09. The van der Waals surface area contributed by atoms with Crippen LogP contribution in [0.25, 0.3) is 33.5 Å². The van der Waals surface area contributed by atoms with E-state index < -0.39 is 6.10 Å². The number of tetrazole rings is 1. The van der Waals surface area contributed by atoms with Gasteiger partial charge in [0.15, 0.2) is 0 Å². The van der Waals surface area contributed by atoms with Gasteiger partial charge in [-0.15, -0.1) is 5.10 Å².